The second-order valence-corrected chi connectivity index (χ2v) is 7.43. The number of aromatic nitrogens is 1. The summed E-state index contributed by atoms with van der Waals surface area (Å²) >= 11 is 2.40. The first-order chi connectivity index (χ1) is 11.6. The average Bonchev–Trinajstić information content (AvgIpc) is 2.58. The Hall–Kier alpha value is -1.36. The predicted octanol–water partition coefficient (Wildman–Crippen LogP) is 6.05. The topological polar surface area (TPSA) is 16.1 Å². The van der Waals surface area contributed by atoms with Crippen LogP contribution in [0.15, 0.2) is 36.4 Å². The Morgan fingerprint density at radius 1 is 1.00 bits per heavy atom. The third-order valence-electron chi connectivity index (χ3n) is 4.05. The number of pyridine rings is 1. The summed E-state index contributed by atoms with van der Waals surface area (Å²) in [6, 6.07) is 12.7. The Labute approximate surface area is 160 Å². The van der Waals surface area contributed by atoms with Gasteiger partial charge in [-0.25, -0.2) is 0 Å². The van der Waals surface area contributed by atoms with E-state index >= 15 is 0 Å². The highest BCUT2D eigenvalue weighted by Crippen LogP contribution is 2.26. The van der Waals surface area contributed by atoms with Crippen molar-refractivity contribution in [3.05, 3.63) is 56.9 Å². The second kappa shape index (κ2) is 9.82. The zero-order valence-electron chi connectivity index (χ0n) is 14.9. The van der Waals surface area contributed by atoms with E-state index in [4.69, 9.17) is 4.98 Å². The van der Waals surface area contributed by atoms with Crippen LogP contribution in [0.3, 0.4) is 0 Å². The standard InChI is InChI=1S/C21H27IN2/c1-4-5-6-7-10-17-11-8-12-18(23-17)15-16-19-20(22)13-9-14-21(19)24(2)3/h8-9,11-16H,4-7,10H2,1-3H3/b16-15+. The van der Waals surface area contributed by atoms with Gasteiger partial charge in [0.05, 0.1) is 5.69 Å². The van der Waals surface area contributed by atoms with Crippen LogP contribution in [0.1, 0.15) is 49.6 Å². The van der Waals surface area contributed by atoms with E-state index in [1.165, 1.54) is 46.2 Å². The first-order valence-electron chi connectivity index (χ1n) is 8.71. The third kappa shape index (κ3) is 5.62. The Kier molecular flexibility index (Phi) is 7.76. The highest BCUT2D eigenvalue weighted by molar-refractivity contribution is 14.1. The van der Waals surface area contributed by atoms with Crippen LogP contribution in [0.25, 0.3) is 12.2 Å². The van der Waals surface area contributed by atoms with E-state index in [-0.39, 0.29) is 0 Å². The molecule has 2 rings (SSSR count). The van der Waals surface area contributed by atoms with Crippen molar-refractivity contribution in [3.8, 4) is 0 Å². The molecule has 0 N–H and O–H groups in total. The van der Waals surface area contributed by atoms with Gasteiger partial charge in [-0.15, -0.1) is 0 Å². The van der Waals surface area contributed by atoms with Crippen molar-refractivity contribution >= 4 is 40.4 Å². The lowest BCUT2D eigenvalue weighted by Gasteiger charge is -2.16. The highest BCUT2D eigenvalue weighted by atomic mass is 127. The van der Waals surface area contributed by atoms with Crippen LogP contribution in [0.5, 0.6) is 0 Å². The molecule has 128 valence electrons. The van der Waals surface area contributed by atoms with Crippen molar-refractivity contribution in [2.45, 2.75) is 39.0 Å². The predicted molar refractivity (Wildman–Crippen MR) is 114 cm³/mol. The number of halogens is 1. The van der Waals surface area contributed by atoms with Gasteiger partial charge in [0.1, 0.15) is 0 Å². The Morgan fingerprint density at radius 3 is 2.54 bits per heavy atom. The van der Waals surface area contributed by atoms with Crippen molar-refractivity contribution in [2.24, 2.45) is 0 Å². The summed E-state index contributed by atoms with van der Waals surface area (Å²) in [5.74, 6) is 0. The summed E-state index contributed by atoms with van der Waals surface area (Å²) in [7, 11) is 4.16. The molecule has 0 amide bonds. The first-order valence-corrected chi connectivity index (χ1v) is 9.79. The minimum absolute atomic E-state index is 1.03. The van der Waals surface area contributed by atoms with Crippen molar-refractivity contribution in [3.63, 3.8) is 0 Å². The number of nitrogens with zero attached hydrogens (tertiary/aromatic N) is 2. The molecule has 0 aliphatic heterocycles. The van der Waals surface area contributed by atoms with Gasteiger partial charge in [0.2, 0.25) is 0 Å². The van der Waals surface area contributed by atoms with Crippen LogP contribution in [0, 0.1) is 3.57 Å². The lowest BCUT2D eigenvalue weighted by molar-refractivity contribution is 0.660. The van der Waals surface area contributed by atoms with Gasteiger partial charge in [0.15, 0.2) is 0 Å². The molecule has 0 radical (unpaired) electrons. The van der Waals surface area contributed by atoms with E-state index in [1.54, 1.807) is 0 Å². The number of benzene rings is 1. The zero-order valence-corrected chi connectivity index (χ0v) is 17.1. The molecule has 0 saturated heterocycles. The monoisotopic (exact) mass is 434 g/mol. The zero-order chi connectivity index (χ0) is 17.4. The minimum atomic E-state index is 1.03. The van der Waals surface area contributed by atoms with Gasteiger partial charge >= 0.3 is 0 Å². The Bertz CT molecular complexity index is 677. The Morgan fingerprint density at radius 2 is 1.79 bits per heavy atom. The van der Waals surface area contributed by atoms with Crippen LogP contribution >= 0.6 is 22.6 Å². The summed E-state index contributed by atoms with van der Waals surface area (Å²) in [4.78, 5) is 6.94. The first kappa shape index (κ1) is 19.0. The molecule has 0 unspecified atom stereocenters. The number of rotatable bonds is 8. The second-order valence-electron chi connectivity index (χ2n) is 6.26. The molecule has 24 heavy (non-hydrogen) atoms. The van der Waals surface area contributed by atoms with Gasteiger partial charge in [-0.2, -0.15) is 0 Å². The number of aryl methyl sites for hydroxylation is 1. The van der Waals surface area contributed by atoms with Gasteiger partial charge < -0.3 is 4.90 Å². The molecule has 0 bridgehead atoms. The molecule has 0 aliphatic carbocycles. The molecule has 1 heterocycles. The molecule has 0 atom stereocenters. The largest absolute Gasteiger partial charge is 0.377 e. The maximum absolute atomic E-state index is 4.79. The van der Waals surface area contributed by atoms with Gasteiger partial charge in [-0.3, -0.25) is 4.98 Å². The summed E-state index contributed by atoms with van der Waals surface area (Å²) in [6.45, 7) is 2.25. The molecule has 0 fully saturated rings. The van der Waals surface area contributed by atoms with E-state index in [9.17, 15) is 0 Å². The fourth-order valence-corrected chi connectivity index (χ4v) is 3.38. The lowest BCUT2D eigenvalue weighted by Crippen LogP contribution is -2.10. The van der Waals surface area contributed by atoms with Gasteiger partial charge in [0, 0.05) is 34.6 Å². The van der Waals surface area contributed by atoms with Gasteiger partial charge in [-0.05, 0) is 71.9 Å². The van der Waals surface area contributed by atoms with Crippen molar-refractivity contribution in [2.75, 3.05) is 19.0 Å². The normalized spacial score (nSPS) is 11.2. The number of hydrogen-bond acceptors (Lipinski definition) is 2. The van der Waals surface area contributed by atoms with Crippen LogP contribution in [-0.4, -0.2) is 19.1 Å². The SMILES string of the molecule is CCCCCCc1cccc(/C=C/c2c(I)cccc2N(C)C)n1. The number of unbranched alkanes of at least 4 members (excludes halogenated alkanes) is 3. The van der Waals surface area contributed by atoms with E-state index in [1.807, 2.05) is 0 Å². The van der Waals surface area contributed by atoms with E-state index in [2.05, 4.69) is 97.1 Å². The summed E-state index contributed by atoms with van der Waals surface area (Å²) in [5, 5.41) is 0. The molecule has 1 aromatic heterocycles. The number of hydrogen-bond donors (Lipinski definition) is 0. The van der Waals surface area contributed by atoms with Crippen LogP contribution in [-0.2, 0) is 6.42 Å². The molecule has 1 aromatic carbocycles. The summed E-state index contributed by atoms with van der Waals surface area (Å²) < 4.78 is 1.26. The molecular formula is C21H27IN2. The van der Waals surface area contributed by atoms with Crippen LogP contribution in [0.2, 0.25) is 0 Å². The summed E-state index contributed by atoms with van der Waals surface area (Å²) in [5.41, 5.74) is 4.71. The van der Waals surface area contributed by atoms with E-state index in [0.29, 0.717) is 0 Å². The molecule has 0 saturated carbocycles. The highest BCUT2D eigenvalue weighted by Gasteiger charge is 2.05. The molecular weight excluding hydrogens is 407 g/mol. The van der Waals surface area contributed by atoms with Crippen molar-refractivity contribution in [1.29, 1.82) is 0 Å². The van der Waals surface area contributed by atoms with Crippen molar-refractivity contribution < 1.29 is 0 Å². The molecule has 3 heteroatoms. The van der Waals surface area contributed by atoms with Gasteiger partial charge in [0.25, 0.3) is 0 Å². The fourth-order valence-electron chi connectivity index (χ4n) is 2.71. The minimum Gasteiger partial charge on any atom is -0.377 e. The Balaban J connectivity index is 2.12. The summed E-state index contributed by atoms with van der Waals surface area (Å²) in [6.07, 6.45) is 10.5. The van der Waals surface area contributed by atoms with Gasteiger partial charge in [-0.1, -0.05) is 38.3 Å². The van der Waals surface area contributed by atoms with Crippen LogP contribution < -0.4 is 4.90 Å². The fraction of sp³-hybridized carbons (Fsp3) is 0.381. The molecule has 0 spiro atoms. The maximum Gasteiger partial charge on any atom is 0.0633 e. The molecule has 2 aromatic rings. The van der Waals surface area contributed by atoms with Crippen LogP contribution in [0.4, 0.5) is 5.69 Å². The van der Waals surface area contributed by atoms with E-state index in [0.717, 1.165) is 12.1 Å². The average molecular weight is 434 g/mol. The number of anilines is 1. The quantitative estimate of drug-likeness (QED) is 0.372. The molecule has 0 aliphatic rings. The smallest absolute Gasteiger partial charge is 0.0633 e. The maximum atomic E-state index is 4.79. The molecule has 2 nitrogen and oxygen atoms in total. The van der Waals surface area contributed by atoms with Crippen molar-refractivity contribution in [1.82, 2.24) is 4.98 Å². The van der Waals surface area contributed by atoms with E-state index < -0.39 is 0 Å². The third-order valence-corrected chi connectivity index (χ3v) is 4.99. The lowest BCUT2D eigenvalue weighted by atomic mass is 10.1.